The van der Waals surface area contributed by atoms with Crippen molar-refractivity contribution in [1.29, 1.82) is 0 Å². The van der Waals surface area contributed by atoms with Gasteiger partial charge in [0.25, 0.3) is 5.91 Å². The third kappa shape index (κ3) is 2.71. The van der Waals surface area contributed by atoms with E-state index >= 15 is 0 Å². The third-order valence-corrected chi connectivity index (χ3v) is 4.30. The minimum Gasteiger partial charge on any atom is -0.383 e. The van der Waals surface area contributed by atoms with Crippen LogP contribution in [0.15, 0.2) is 36.7 Å². The monoisotopic (exact) mass is 335 g/mol. The molecule has 4 rings (SSSR count). The third-order valence-electron chi connectivity index (χ3n) is 4.30. The number of aromatic nitrogens is 5. The van der Waals surface area contributed by atoms with Crippen molar-refractivity contribution in [2.75, 3.05) is 12.3 Å². The molecule has 2 aromatic heterocycles. The minimum atomic E-state index is -0.150. The Labute approximate surface area is 144 Å². The van der Waals surface area contributed by atoms with Gasteiger partial charge in [-0.05, 0) is 25.5 Å². The highest BCUT2D eigenvalue weighted by atomic mass is 16.2. The standard InChI is InChI=1S/C17H17N7O/c1-11-15(22-24(21-11)12-5-3-2-4-6-12)17(25)23-8-7-13-14(9-23)19-10-20-16(13)18/h2-6,10H,7-9H2,1H3,(H2,18,19,20). The molecule has 25 heavy (non-hydrogen) atoms. The lowest BCUT2D eigenvalue weighted by atomic mass is 10.1. The average Bonchev–Trinajstić information content (AvgIpc) is 3.03. The van der Waals surface area contributed by atoms with Gasteiger partial charge >= 0.3 is 0 Å². The summed E-state index contributed by atoms with van der Waals surface area (Å²) >= 11 is 0. The molecule has 0 fully saturated rings. The normalized spacial score (nSPS) is 13.6. The van der Waals surface area contributed by atoms with Crippen LogP contribution in [-0.2, 0) is 13.0 Å². The maximum absolute atomic E-state index is 12.9. The fourth-order valence-corrected chi connectivity index (χ4v) is 2.96. The fourth-order valence-electron chi connectivity index (χ4n) is 2.96. The SMILES string of the molecule is Cc1nn(-c2ccccc2)nc1C(=O)N1CCc2c(N)ncnc2C1. The molecule has 1 aromatic carbocycles. The van der Waals surface area contributed by atoms with Crippen molar-refractivity contribution in [1.82, 2.24) is 29.9 Å². The van der Waals surface area contributed by atoms with Gasteiger partial charge in [0, 0.05) is 12.1 Å². The number of rotatable bonds is 2. The molecular formula is C17H17N7O. The number of fused-ring (bicyclic) bond motifs is 1. The van der Waals surface area contributed by atoms with Gasteiger partial charge in [0.15, 0.2) is 5.69 Å². The first-order valence-electron chi connectivity index (χ1n) is 8.00. The molecule has 126 valence electrons. The highest BCUT2D eigenvalue weighted by Gasteiger charge is 2.27. The number of nitrogen functional groups attached to an aromatic ring is 1. The largest absolute Gasteiger partial charge is 0.383 e. The summed E-state index contributed by atoms with van der Waals surface area (Å²) < 4.78 is 0. The van der Waals surface area contributed by atoms with E-state index in [1.165, 1.54) is 11.1 Å². The van der Waals surface area contributed by atoms with Crippen molar-refractivity contribution in [2.24, 2.45) is 0 Å². The molecule has 0 saturated heterocycles. The molecule has 8 nitrogen and oxygen atoms in total. The Balaban J connectivity index is 1.61. The first kappa shape index (κ1) is 15.3. The minimum absolute atomic E-state index is 0.150. The average molecular weight is 335 g/mol. The fraction of sp³-hybridized carbons (Fsp3) is 0.235. The van der Waals surface area contributed by atoms with Crippen LogP contribution >= 0.6 is 0 Å². The number of para-hydroxylation sites is 1. The van der Waals surface area contributed by atoms with Crippen molar-refractivity contribution < 1.29 is 4.79 Å². The number of aryl methyl sites for hydroxylation is 1. The van der Waals surface area contributed by atoms with Crippen LogP contribution in [0.25, 0.3) is 5.69 Å². The molecule has 3 heterocycles. The summed E-state index contributed by atoms with van der Waals surface area (Å²) in [5, 5.41) is 8.75. The lowest BCUT2D eigenvalue weighted by molar-refractivity contribution is 0.0724. The summed E-state index contributed by atoms with van der Waals surface area (Å²) in [6, 6.07) is 9.52. The van der Waals surface area contributed by atoms with Gasteiger partial charge in [0.2, 0.25) is 0 Å². The van der Waals surface area contributed by atoms with E-state index in [0.29, 0.717) is 36.7 Å². The number of anilines is 1. The Hall–Kier alpha value is -3.29. The van der Waals surface area contributed by atoms with Crippen LogP contribution in [0.2, 0.25) is 0 Å². The number of carbonyl (C=O) groups excluding carboxylic acids is 1. The molecule has 0 unspecified atom stereocenters. The number of nitrogens with zero attached hydrogens (tertiary/aromatic N) is 6. The van der Waals surface area contributed by atoms with E-state index < -0.39 is 0 Å². The van der Waals surface area contributed by atoms with E-state index in [9.17, 15) is 4.79 Å². The van der Waals surface area contributed by atoms with Gasteiger partial charge in [-0.3, -0.25) is 4.79 Å². The number of hydrogen-bond donors (Lipinski definition) is 1. The molecule has 8 heteroatoms. The van der Waals surface area contributed by atoms with E-state index in [0.717, 1.165) is 16.9 Å². The van der Waals surface area contributed by atoms with Gasteiger partial charge in [-0.15, -0.1) is 5.10 Å². The number of carbonyl (C=O) groups is 1. The summed E-state index contributed by atoms with van der Waals surface area (Å²) in [6.07, 6.45) is 2.07. The number of nitrogens with two attached hydrogens (primary N) is 1. The molecule has 3 aromatic rings. The van der Waals surface area contributed by atoms with Crippen LogP contribution in [-0.4, -0.2) is 42.3 Å². The smallest absolute Gasteiger partial charge is 0.276 e. The lowest BCUT2D eigenvalue weighted by Crippen LogP contribution is -2.37. The van der Waals surface area contributed by atoms with Crippen molar-refractivity contribution in [3.8, 4) is 5.69 Å². The summed E-state index contributed by atoms with van der Waals surface area (Å²) in [5.74, 6) is 0.339. The predicted octanol–water partition coefficient (Wildman–Crippen LogP) is 1.15. The first-order chi connectivity index (χ1) is 12.1. The van der Waals surface area contributed by atoms with Gasteiger partial charge in [-0.1, -0.05) is 18.2 Å². The Morgan fingerprint density at radius 1 is 1.16 bits per heavy atom. The molecule has 1 amide bonds. The van der Waals surface area contributed by atoms with Crippen LogP contribution in [0.4, 0.5) is 5.82 Å². The Morgan fingerprint density at radius 2 is 1.96 bits per heavy atom. The second-order valence-electron chi connectivity index (χ2n) is 5.92. The van der Waals surface area contributed by atoms with Gasteiger partial charge in [-0.25, -0.2) is 9.97 Å². The van der Waals surface area contributed by atoms with Crippen LogP contribution < -0.4 is 5.73 Å². The molecule has 0 atom stereocenters. The summed E-state index contributed by atoms with van der Waals surface area (Å²) in [7, 11) is 0. The maximum Gasteiger partial charge on any atom is 0.276 e. The highest BCUT2D eigenvalue weighted by molar-refractivity contribution is 5.93. The molecule has 1 aliphatic heterocycles. The van der Waals surface area contributed by atoms with Crippen LogP contribution in [0.5, 0.6) is 0 Å². The lowest BCUT2D eigenvalue weighted by Gasteiger charge is -2.27. The summed E-state index contributed by atoms with van der Waals surface area (Å²) in [4.78, 5) is 24.4. The molecule has 0 bridgehead atoms. The van der Waals surface area contributed by atoms with Crippen molar-refractivity contribution >= 4 is 11.7 Å². The van der Waals surface area contributed by atoms with Crippen molar-refractivity contribution in [3.63, 3.8) is 0 Å². The predicted molar refractivity (Wildman–Crippen MR) is 91.0 cm³/mol. The van der Waals surface area contributed by atoms with Crippen LogP contribution in [0.3, 0.4) is 0 Å². The van der Waals surface area contributed by atoms with Gasteiger partial charge in [-0.2, -0.15) is 9.90 Å². The van der Waals surface area contributed by atoms with E-state index in [4.69, 9.17) is 5.73 Å². The molecular weight excluding hydrogens is 318 g/mol. The van der Waals surface area contributed by atoms with E-state index in [-0.39, 0.29) is 5.91 Å². The van der Waals surface area contributed by atoms with Crippen molar-refractivity contribution in [2.45, 2.75) is 19.9 Å². The van der Waals surface area contributed by atoms with Crippen molar-refractivity contribution in [3.05, 3.63) is 59.3 Å². The van der Waals surface area contributed by atoms with Gasteiger partial charge < -0.3 is 10.6 Å². The number of benzene rings is 1. The Kier molecular flexibility index (Phi) is 3.64. The number of hydrogen-bond acceptors (Lipinski definition) is 6. The Bertz CT molecular complexity index is 935. The second-order valence-corrected chi connectivity index (χ2v) is 5.92. The molecule has 0 saturated carbocycles. The van der Waals surface area contributed by atoms with E-state index in [1.807, 2.05) is 30.3 Å². The van der Waals surface area contributed by atoms with Crippen LogP contribution in [0, 0.1) is 6.92 Å². The van der Waals surface area contributed by atoms with Gasteiger partial charge in [0.1, 0.15) is 12.1 Å². The molecule has 1 aliphatic rings. The molecule has 0 spiro atoms. The van der Waals surface area contributed by atoms with E-state index in [1.54, 1.807) is 11.8 Å². The maximum atomic E-state index is 12.9. The zero-order valence-electron chi connectivity index (χ0n) is 13.8. The molecule has 0 aliphatic carbocycles. The topological polar surface area (TPSA) is 103 Å². The quantitative estimate of drug-likeness (QED) is 0.753. The van der Waals surface area contributed by atoms with E-state index in [2.05, 4.69) is 20.2 Å². The zero-order valence-corrected chi connectivity index (χ0v) is 13.8. The van der Waals surface area contributed by atoms with Crippen LogP contribution in [0.1, 0.15) is 27.4 Å². The summed E-state index contributed by atoms with van der Waals surface area (Å²) in [5.41, 5.74) is 9.37. The molecule has 0 radical (unpaired) electrons. The summed E-state index contributed by atoms with van der Waals surface area (Å²) in [6.45, 7) is 2.75. The highest BCUT2D eigenvalue weighted by Crippen LogP contribution is 2.22. The molecule has 2 N–H and O–H groups in total. The second kappa shape index (κ2) is 5.97. The first-order valence-corrected chi connectivity index (χ1v) is 8.00. The number of amides is 1. The van der Waals surface area contributed by atoms with Gasteiger partial charge in [0.05, 0.1) is 23.6 Å². The Morgan fingerprint density at radius 3 is 2.76 bits per heavy atom. The zero-order chi connectivity index (χ0) is 17.4.